The standard InChI is InChI=1S/C23H29ClF3N3O8S/c1-15(2)35-8-4-7-29-39(32,33)30-22(31)37-14-16-5-6-18(36-10-9-34-3)12-20(16)38-21-19(24)11-17(13-28-21)23(25,26)27/h5-6,11-13,15,29H,4,7-10,14H2,1-3H3,(H,30,31). The predicted octanol–water partition coefficient (Wildman–Crippen LogP) is 4.45. The Morgan fingerprint density at radius 2 is 1.90 bits per heavy atom. The monoisotopic (exact) mass is 599 g/mol. The van der Waals surface area contributed by atoms with Crippen LogP contribution in [0.15, 0.2) is 30.5 Å². The summed E-state index contributed by atoms with van der Waals surface area (Å²) in [5.41, 5.74) is -0.864. The van der Waals surface area contributed by atoms with E-state index in [1.165, 1.54) is 25.3 Å². The van der Waals surface area contributed by atoms with Gasteiger partial charge in [0.2, 0.25) is 5.88 Å². The summed E-state index contributed by atoms with van der Waals surface area (Å²) in [6.07, 6.45) is -5.00. The minimum Gasteiger partial charge on any atom is -0.491 e. The zero-order chi connectivity index (χ0) is 29.1. The molecule has 1 heterocycles. The van der Waals surface area contributed by atoms with Crippen molar-refractivity contribution in [2.24, 2.45) is 0 Å². The highest BCUT2D eigenvalue weighted by atomic mass is 35.5. The Hall–Kier alpha value is -2.85. The van der Waals surface area contributed by atoms with Gasteiger partial charge in [0.1, 0.15) is 29.7 Å². The van der Waals surface area contributed by atoms with Gasteiger partial charge in [0.15, 0.2) is 0 Å². The summed E-state index contributed by atoms with van der Waals surface area (Å²) < 4.78 is 93.1. The van der Waals surface area contributed by atoms with E-state index in [4.69, 9.17) is 35.3 Å². The summed E-state index contributed by atoms with van der Waals surface area (Å²) in [6.45, 7) is 4.02. The van der Waals surface area contributed by atoms with Gasteiger partial charge in [-0.05, 0) is 38.5 Å². The first-order valence-corrected chi connectivity index (χ1v) is 13.4. The molecule has 0 bridgehead atoms. The number of amides is 1. The summed E-state index contributed by atoms with van der Waals surface area (Å²) in [4.78, 5) is 15.7. The van der Waals surface area contributed by atoms with E-state index in [2.05, 4.69) is 9.71 Å². The van der Waals surface area contributed by atoms with E-state index in [0.717, 1.165) is 0 Å². The number of nitrogens with zero attached hydrogens (tertiary/aromatic N) is 1. The molecular weight excluding hydrogens is 571 g/mol. The van der Waals surface area contributed by atoms with Crippen molar-refractivity contribution < 1.29 is 50.1 Å². The third kappa shape index (κ3) is 11.8. The van der Waals surface area contributed by atoms with E-state index < -0.39 is 39.7 Å². The smallest absolute Gasteiger partial charge is 0.422 e. The summed E-state index contributed by atoms with van der Waals surface area (Å²) in [5, 5.41) is -0.420. The van der Waals surface area contributed by atoms with Crippen molar-refractivity contribution in [2.75, 3.05) is 33.5 Å². The highest BCUT2D eigenvalue weighted by Crippen LogP contribution is 2.36. The molecule has 0 aliphatic heterocycles. The number of halogens is 4. The number of nitrogens with one attached hydrogen (secondary N) is 2. The molecule has 0 aliphatic rings. The van der Waals surface area contributed by atoms with Crippen molar-refractivity contribution in [2.45, 2.75) is 39.2 Å². The van der Waals surface area contributed by atoms with Gasteiger partial charge in [0, 0.05) is 38.1 Å². The Morgan fingerprint density at radius 3 is 2.54 bits per heavy atom. The zero-order valence-electron chi connectivity index (χ0n) is 21.3. The molecule has 11 nitrogen and oxygen atoms in total. The van der Waals surface area contributed by atoms with Crippen molar-refractivity contribution >= 4 is 27.9 Å². The lowest BCUT2D eigenvalue weighted by atomic mass is 10.2. The number of hydrogen-bond donors (Lipinski definition) is 2. The molecular formula is C23H29ClF3N3O8S. The fourth-order valence-corrected chi connectivity index (χ4v) is 3.73. The van der Waals surface area contributed by atoms with Crippen molar-refractivity contribution in [3.05, 3.63) is 46.6 Å². The molecule has 0 saturated heterocycles. The average molecular weight is 600 g/mol. The lowest BCUT2D eigenvalue weighted by molar-refractivity contribution is -0.137. The van der Waals surface area contributed by atoms with Crippen LogP contribution in [0.25, 0.3) is 0 Å². The Morgan fingerprint density at radius 1 is 1.15 bits per heavy atom. The number of ether oxygens (including phenoxy) is 5. The lowest BCUT2D eigenvalue weighted by Gasteiger charge is -2.15. The third-order valence-corrected chi connectivity index (χ3v) is 5.87. The number of carbonyl (C=O) groups excluding carboxylic acids is 1. The second-order valence-electron chi connectivity index (χ2n) is 8.07. The Labute approximate surface area is 229 Å². The van der Waals surface area contributed by atoms with Crippen LogP contribution < -0.4 is 18.9 Å². The van der Waals surface area contributed by atoms with Gasteiger partial charge >= 0.3 is 22.5 Å². The van der Waals surface area contributed by atoms with Gasteiger partial charge in [0.05, 0.1) is 18.3 Å². The van der Waals surface area contributed by atoms with Crippen molar-refractivity contribution in [3.8, 4) is 17.4 Å². The predicted molar refractivity (Wildman–Crippen MR) is 134 cm³/mol. The molecule has 1 amide bonds. The van der Waals surface area contributed by atoms with Gasteiger partial charge in [-0.2, -0.15) is 26.3 Å². The van der Waals surface area contributed by atoms with E-state index in [0.29, 0.717) is 31.0 Å². The SMILES string of the molecule is COCCOc1ccc(COC(=O)NS(=O)(=O)NCCCOC(C)C)c(Oc2ncc(C(F)(F)F)cc2Cl)c1. The number of methoxy groups -OCH3 is 1. The van der Waals surface area contributed by atoms with Crippen LogP contribution >= 0.6 is 11.6 Å². The molecule has 218 valence electrons. The molecule has 2 N–H and O–H groups in total. The van der Waals surface area contributed by atoms with Crippen LogP contribution in [0.5, 0.6) is 17.4 Å². The maximum absolute atomic E-state index is 12.9. The first-order valence-electron chi connectivity index (χ1n) is 11.5. The van der Waals surface area contributed by atoms with Crippen molar-refractivity contribution in [1.29, 1.82) is 0 Å². The first kappa shape index (κ1) is 32.4. The molecule has 0 atom stereocenters. The molecule has 0 unspecified atom stereocenters. The topological polar surface area (TPSA) is 134 Å². The van der Waals surface area contributed by atoms with Crippen LogP contribution in [0.3, 0.4) is 0 Å². The third-order valence-electron chi connectivity index (χ3n) is 4.58. The largest absolute Gasteiger partial charge is 0.491 e. The Bertz CT molecular complexity index is 1200. The highest BCUT2D eigenvalue weighted by Gasteiger charge is 2.32. The van der Waals surface area contributed by atoms with Crippen LogP contribution in [-0.2, 0) is 37.2 Å². The van der Waals surface area contributed by atoms with Gasteiger partial charge in [0.25, 0.3) is 0 Å². The number of aromatic nitrogens is 1. The molecule has 0 fully saturated rings. The Balaban J connectivity index is 2.10. The molecule has 16 heteroatoms. The molecule has 0 aliphatic carbocycles. The molecule has 2 aromatic rings. The second kappa shape index (κ2) is 15.1. The number of carbonyl (C=O) groups is 1. The molecule has 1 aromatic carbocycles. The summed E-state index contributed by atoms with van der Waals surface area (Å²) in [6, 6.07) is 4.99. The fourth-order valence-electron chi connectivity index (χ4n) is 2.76. The minimum absolute atomic E-state index is 0.000578. The number of alkyl halides is 3. The molecule has 0 saturated carbocycles. The van der Waals surface area contributed by atoms with Gasteiger partial charge in [-0.3, -0.25) is 0 Å². The minimum atomic E-state index is -4.66. The van der Waals surface area contributed by atoms with Crippen LogP contribution in [0.2, 0.25) is 5.02 Å². The number of pyridine rings is 1. The van der Waals surface area contributed by atoms with E-state index in [9.17, 15) is 26.4 Å². The maximum Gasteiger partial charge on any atom is 0.422 e. The highest BCUT2D eigenvalue weighted by molar-refractivity contribution is 7.88. The van der Waals surface area contributed by atoms with Crippen LogP contribution in [0, 0.1) is 0 Å². The number of benzene rings is 1. The van der Waals surface area contributed by atoms with E-state index >= 15 is 0 Å². The maximum atomic E-state index is 12.9. The van der Waals surface area contributed by atoms with E-state index in [1.807, 2.05) is 13.8 Å². The second-order valence-corrected chi connectivity index (χ2v) is 9.98. The zero-order valence-corrected chi connectivity index (χ0v) is 22.9. The fraction of sp³-hybridized carbons (Fsp3) is 0.478. The van der Waals surface area contributed by atoms with E-state index in [-0.39, 0.29) is 43.1 Å². The summed E-state index contributed by atoms with van der Waals surface area (Å²) >= 11 is 5.94. The molecule has 1 aromatic heterocycles. The molecule has 39 heavy (non-hydrogen) atoms. The van der Waals surface area contributed by atoms with E-state index in [1.54, 1.807) is 4.72 Å². The number of hydrogen-bond acceptors (Lipinski definition) is 9. The van der Waals surface area contributed by atoms with Gasteiger partial charge in [-0.25, -0.2) is 14.5 Å². The summed E-state index contributed by atoms with van der Waals surface area (Å²) in [5.74, 6) is -0.0675. The van der Waals surface area contributed by atoms with Crippen molar-refractivity contribution in [3.63, 3.8) is 0 Å². The molecule has 0 spiro atoms. The normalized spacial score (nSPS) is 11.9. The number of rotatable bonds is 15. The van der Waals surface area contributed by atoms with Gasteiger partial charge < -0.3 is 23.7 Å². The quantitative estimate of drug-likeness (QED) is 0.285. The lowest BCUT2D eigenvalue weighted by Crippen LogP contribution is -2.41. The van der Waals surface area contributed by atoms with Gasteiger partial charge in [-0.15, -0.1) is 0 Å². The van der Waals surface area contributed by atoms with Gasteiger partial charge in [-0.1, -0.05) is 11.6 Å². The average Bonchev–Trinajstić information content (AvgIpc) is 2.83. The first-order chi connectivity index (χ1) is 18.3. The van der Waals surface area contributed by atoms with Crippen LogP contribution in [-0.4, -0.2) is 59.1 Å². The Kier molecular flexibility index (Phi) is 12.5. The van der Waals surface area contributed by atoms with Crippen LogP contribution in [0.4, 0.5) is 18.0 Å². The van der Waals surface area contributed by atoms with Crippen molar-refractivity contribution in [1.82, 2.24) is 14.4 Å². The molecule has 0 radical (unpaired) electrons. The molecule has 2 rings (SSSR count). The summed E-state index contributed by atoms with van der Waals surface area (Å²) in [7, 11) is -2.71. The van der Waals surface area contributed by atoms with Crippen LogP contribution in [0.1, 0.15) is 31.4 Å².